The average Bonchev–Trinajstić information content (AvgIpc) is 2.76. The lowest BCUT2D eigenvalue weighted by Crippen LogP contribution is -2.01. The lowest BCUT2D eigenvalue weighted by atomic mass is 10.2. The van der Waals surface area contributed by atoms with Gasteiger partial charge in [-0.15, -0.1) is 0 Å². The molecular formula is C14H15BrN2O3. The van der Waals surface area contributed by atoms with Gasteiger partial charge in [-0.3, -0.25) is 4.68 Å². The first-order chi connectivity index (χ1) is 9.61. The third-order valence-electron chi connectivity index (χ3n) is 2.68. The quantitative estimate of drug-likeness (QED) is 0.621. The first-order valence-electron chi connectivity index (χ1n) is 6.19. The number of carbonyl (C=O) groups excluding carboxylic acids is 1. The number of nitrogens with zero attached hydrogens (tertiary/aromatic N) is 2. The highest BCUT2D eigenvalue weighted by molar-refractivity contribution is 9.10. The summed E-state index contributed by atoms with van der Waals surface area (Å²) in [6.07, 6.45) is 4.76. The Kier molecular flexibility index (Phi) is 4.79. The molecule has 0 N–H and O–H groups in total. The predicted octanol–water partition coefficient (Wildman–Crippen LogP) is 2.83. The van der Waals surface area contributed by atoms with Gasteiger partial charge >= 0.3 is 5.97 Å². The van der Waals surface area contributed by atoms with Gasteiger partial charge in [0.1, 0.15) is 12.4 Å². The average molecular weight is 339 g/mol. The van der Waals surface area contributed by atoms with Crippen molar-refractivity contribution in [2.24, 2.45) is 7.05 Å². The normalized spacial score (nSPS) is 11.2. The molecule has 0 amide bonds. The minimum atomic E-state index is -0.363. The van der Waals surface area contributed by atoms with E-state index in [0.29, 0.717) is 19.0 Å². The van der Waals surface area contributed by atoms with Gasteiger partial charge in [-0.25, -0.2) is 4.79 Å². The molecule has 0 unspecified atom stereocenters. The number of fused-ring (bicyclic) bond motifs is 1. The highest BCUT2D eigenvalue weighted by atomic mass is 79.9. The van der Waals surface area contributed by atoms with Crippen LogP contribution in [0.3, 0.4) is 0 Å². The van der Waals surface area contributed by atoms with E-state index < -0.39 is 0 Å². The fourth-order valence-electron chi connectivity index (χ4n) is 1.74. The highest BCUT2D eigenvalue weighted by Gasteiger charge is 2.06. The fourth-order valence-corrected chi connectivity index (χ4v) is 2.18. The second kappa shape index (κ2) is 6.56. The standard InChI is InChI=1S/C14H15BrN2O3/c1-3-19-14(18)5-4-6-20-13-7-10-9-16-17(2)12(10)8-11(13)15/h4-5,7-9H,3,6H2,1-2H3/b5-4+. The van der Waals surface area contributed by atoms with E-state index in [9.17, 15) is 4.79 Å². The largest absolute Gasteiger partial charge is 0.488 e. The molecular weight excluding hydrogens is 324 g/mol. The van der Waals surface area contributed by atoms with Crippen LogP contribution in [0.2, 0.25) is 0 Å². The molecule has 0 aliphatic rings. The minimum absolute atomic E-state index is 0.295. The lowest BCUT2D eigenvalue weighted by molar-refractivity contribution is -0.137. The molecule has 6 heteroatoms. The van der Waals surface area contributed by atoms with Crippen molar-refractivity contribution in [3.05, 3.63) is 35.0 Å². The molecule has 0 spiro atoms. The summed E-state index contributed by atoms with van der Waals surface area (Å²) in [6, 6.07) is 3.86. The Morgan fingerprint density at radius 1 is 1.50 bits per heavy atom. The summed E-state index contributed by atoms with van der Waals surface area (Å²) in [5.74, 6) is 0.344. The first kappa shape index (κ1) is 14.6. The van der Waals surface area contributed by atoms with Crippen LogP contribution in [0.1, 0.15) is 6.92 Å². The van der Waals surface area contributed by atoms with E-state index in [0.717, 1.165) is 15.4 Å². The van der Waals surface area contributed by atoms with E-state index in [4.69, 9.17) is 9.47 Å². The molecule has 0 atom stereocenters. The maximum atomic E-state index is 11.1. The van der Waals surface area contributed by atoms with Gasteiger partial charge in [-0.05, 0) is 41.1 Å². The second-order valence-corrected chi connectivity index (χ2v) is 4.93. The molecule has 106 valence electrons. The summed E-state index contributed by atoms with van der Waals surface area (Å²) in [5, 5.41) is 5.18. The van der Waals surface area contributed by atoms with Gasteiger partial charge < -0.3 is 9.47 Å². The van der Waals surface area contributed by atoms with E-state index in [1.807, 2.05) is 19.2 Å². The van der Waals surface area contributed by atoms with Gasteiger partial charge in [0.25, 0.3) is 0 Å². The zero-order valence-corrected chi connectivity index (χ0v) is 12.9. The number of halogens is 1. The lowest BCUT2D eigenvalue weighted by Gasteiger charge is -2.06. The number of aryl methyl sites for hydroxylation is 1. The van der Waals surface area contributed by atoms with Gasteiger partial charge in [0.15, 0.2) is 0 Å². The van der Waals surface area contributed by atoms with Crippen LogP contribution in [-0.2, 0) is 16.6 Å². The van der Waals surface area contributed by atoms with Crippen LogP contribution < -0.4 is 4.74 Å². The smallest absolute Gasteiger partial charge is 0.330 e. The van der Waals surface area contributed by atoms with Crippen LogP contribution in [0, 0.1) is 0 Å². The van der Waals surface area contributed by atoms with E-state index in [1.165, 1.54) is 6.08 Å². The van der Waals surface area contributed by atoms with Crippen LogP contribution in [0.25, 0.3) is 10.9 Å². The van der Waals surface area contributed by atoms with Crippen molar-refractivity contribution in [2.75, 3.05) is 13.2 Å². The summed E-state index contributed by atoms with van der Waals surface area (Å²) in [5.41, 5.74) is 1.02. The second-order valence-electron chi connectivity index (χ2n) is 4.08. The van der Waals surface area contributed by atoms with Crippen molar-refractivity contribution in [1.29, 1.82) is 0 Å². The number of carbonyl (C=O) groups is 1. The van der Waals surface area contributed by atoms with Gasteiger partial charge in [0.05, 0.1) is 22.8 Å². The number of esters is 1. The number of ether oxygens (including phenoxy) is 2. The Balaban J connectivity index is 2.03. The Labute approximate surface area is 125 Å². The van der Waals surface area contributed by atoms with Crippen molar-refractivity contribution in [3.63, 3.8) is 0 Å². The maximum Gasteiger partial charge on any atom is 0.330 e. The van der Waals surface area contributed by atoms with Crippen LogP contribution in [-0.4, -0.2) is 29.0 Å². The van der Waals surface area contributed by atoms with Crippen molar-refractivity contribution in [2.45, 2.75) is 6.92 Å². The Morgan fingerprint density at radius 3 is 3.05 bits per heavy atom. The molecule has 5 nitrogen and oxygen atoms in total. The number of hydrogen-bond donors (Lipinski definition) is 0. The molecule has 0 bridgehead atoms. The van der Waals surface area contributed by atoms with E-state index >= 15 is 0 Å². The Morgan fingerprint density at radius 2 is 2.30 bits per heavy atom. The molecule has 0 aliphatic heterocycles. The molecule has 0 radical (unpaired) electrons. The van der Waals surface area contributed by atoms with Gasteiger partial charge in [-0.1, -0.05) is 0 Å². The molecule has 2 rings (SSSR count). The third-order valence-corrected chi connectivity index (χ3v) is 3.30. The van der Waals surface area contributed by atoms with Gasteiger partial charge in [-0.2, -0.15) is 5.10 Å². The third kappa shape index (κ3) is 3.39. The summed E-state index contributed by atoms with van der Waals surface area (Å²) in [4.78, 5) is 11.1. The molecule has 2 aromatic rings. The number of benzene rings is 1. The highest BCUT2D eigenvalue weighted by Crippen LogP contribution is 2.30. The number of hydrogen-bond acceptors (Lipinski definition) is 4. The maximum absolute atomic E-state index is 11.1. The molecule has 20 heavy (non-hydrogen) atoms. The molecule has 0 saturated carbocycles. The molecule has 1 aromatic carbocycles. The SMILES string of the molecule is CCOC(=O)/C=C/COc1cc2cnn(C)c2cc1Br. The summed E-state index contributed by atoms with van der Waals surface area (Å²) in [6.45, 7) is 2.43. The predicted molar refractivity (Wildman–Crippen MR) is 79.7 cm³/mol. The molecule has 0 saturated heterocycles. The Hall–Kier alpha value is -1.82. The van der Waals surface area contributed by atoms with Crippen molar-refractivity contribution < 1.29 is 14.3 Å². The molecule has 1 aromatic heterocycles. The summed E-state index contributed by atoms with van der Waals surface area (Å²) >= 11 is 3.46. The zero-order chi connectivity index (χ0) is 14.5. The number of rotatable bonds is 5. The topological polar surface area (TPSA) is 53.4 Å². The monoisotopic (exact) mass is 338 g/mol. The first-order valence-corrected chi connectivity index (χ1v) is 6.98. The number of aromatic nitrogens is 2. The van der Waals surface area contributed by atoms with Gasteiger partial charge in [0.2, 0.25) is 0 Å². The molecule has 1 heterocycles. The summed E-state index contributed by atoms with van der Waals surface area (Å²) in [7, 11) is 1.89. The minimum Gasteiger partial charge on any atom is -0.488 e. The van der Waals surface area contributed by atoms with E-state index in [2.05, 4.69) is 21.0 Å². The van der Waals surface area contributed by atoms with E-state index in [-0.39, 0.29) is 5.97 Å². The fraction of sp³-hybridized carbons (Fsp3) is 0.286. The van der Waals surface area contributed by atoms with Crippen molar-refractivity contribution in [1.82, 2.24) is 9.78 Å². The Bertz CT molecular complexity index is 649. The van der Waals surface area contributed by atoms with E-state index in [1.54, 1.807) is 23.9 Å². The van der Waals surface area contributed by atoms with Crippen molar-refractivity contribution >= 4 is 32.8 Å². The van der Waals surface area contributed by atoms with Gasteiger partial charge in [0, 0.05) is 18.5 Å². The van der Waals surface area contributed by atoms with Crippen LogP contribution in [0.4, 0.5) is 0 Å². The van der Waals surface area contributed by atoms with Crippen LogP contribution in [0.5, 0.6) is 5.75 Å². The van der Waals surface area contributed by atoms with Crippen LogP contribution in [0.15, 0.2) is 35.0 Å². The molecule has 0 fully saturated rings. The van der Waals surface area contributed by atoms with Crippen LogP contribution >= 0.6 is 15.9 Å². The van der Waals surface area contributed by atoms with Crippen molar-refractivity contribution in [3.8, 4) is 5.75 Å². The summed E-state index contributed by atoms with van der Waals surface area (Å²) < 4.78 is 13.0. The zero-order valence-electron chi connectivity index (χ0n) is 11.3. The molecule has 0 aliphatic carbocycles.